The van der Waals surface area contributed by atoms with Gasteiger partial charge < -0.3 is 5.32 Å². The van der Waals surface area contributed by atoms with Gasteiger partial charge >= 0.3 is 0 Å². The van der Waals surface area contributed by atoms with Gasteiger partial charge in [0, 0.05) is 13.0 Å². The Balaban J connectivity index is 1.45. The van der Waals surface area contributed by atoms with Crippen molar-refractivity contribution in [2.24, 2.45) is 17.8 Å². The fourth-order valence-corrected chi connectivity index (χ4v) is 3.84. The first kappa shape index (κ1) is 12.7. The maximum atomic E-state index is 12.0. The minimum Gasteiger partial charge on any atom is -0.352 e. The summed E-state index contributed by atoms with van der Waals surface area (Å²) in [6.45, 7) is 2.75. The van der Waals surface area contributed by atoms with Crippen molar-refractivity contribution in [1.82, 2.24) is 5.32 Å². The molecule has 1 N–H and O–H groups in total. The highest BCUT2D eigenvalue weighted by molar-refractivity contribution is 5.76. The average molecular weight is 257 g/mol. The first-order valence-corrected chi connectivity index (χ1v) is 7.53. The first-order chi connectivity index (χ1) is 9.20. The Labute approximate surface area is 115 Å². The molecule has 0 heterocycles. The zero-order chi connectivity index (χ0) is 13.2. The SMILES string of the molecule is Cc1ccc(CNC(=O)C[C@H]2C[C@H]3CC[C@@H]2C3)cc1. The molecule has 2 saturated carbocycles. The second-order valence-corrected chi connectivity index (χ2v) is 6.40. The Morgan fingerprint density at radius 1 is 1.21 bits per heavy atom. The van der Waals surface area contributed by atoms with Gasteiger partial charge in [0.05, 0.1) is 0 Å². The summed E-state index contributed by atoms with van der Waals surface area (Å²) in [6.07, 6.45) is 6.19. The van der Waals surface area contributed by atoms with Gasteiger partial charge in [-0.3, -0.25) is 4.79 Å². The molecule has 2 nitrogen and oxygen atoms in total. The van der Waals surface area contributed by atoms with E-state index in [4.69, 9.17) is 0 Å². The quantitative estimate of drug-likeness (QED) is 0.879. The van der Waals surface area contributed by atoms with Gasteiger partial charge in [0.1, 0.15) is 0 Å². The van der Waals surface area contributed by atoms with Crippen LogP contribution in [0.15, 0.2) is 24.3 Å². The topological polar surface area (TPSA) is 29.1 Å². The summed E-state index contributed by atoms with van der Waals surface area (Å²) in [4.78, 5) is 12.0. The highest BCUT2D eigenvalue weighted by atomic mass is 16.1. The Bertz CT molecular complexity index is 451. The Morgan fingerprint density at radius 3 is 2.63 bits per heavy atom. The molecule has 0 aliphatic heterocycles. The monoisotopic (exact) mass is 257 g/mol. The lowest BCUT2D eigenvalue weighted by atomic mass is 9.86. The van der Waals surface area contributed by atoms with Crippen molar-refractivity contribution in [1.29, 1.82) is 0 Å². The largest absolute Gasteiger partial charge is 0.352 e. The number of carbonyl (C=O) groups is 1. The summed E-state index contributed by atoms with van der Waals surface area (Å²) in [5, 5.41) is 3.07. The number of fused-ring (bicyclic) bond motifs is 2. The molecular formula is C17H23NO. The van der Waals surface area contributed by atoms with Crippen LogP contribution in [0.4, 0.5) is 0 Å². The van der Waals surface area contributed by atoms with Crippen LogP contribution in [0.25, 0.3) is 0 Å². The molecule has 2 bridgehead atoms. The van der Waals surface area contributed by atoms with Crippen LogP contribution in [-0.2, 0) is 11.3 Å². The van der Waals surface area contributed by atoms with Crippen LogP contribution >= 0.6 is 0 Å². The summed E-state index contributed by atoms with van der Waals surface area (Å²) in [5.41, 5.74) is 2.45. The van der Waals surface area contributed by atoms with E-state index in [1.807, 2.05) is 0 Å². The third-order valence-corrected chi connectivity index (χ3v) is 4.94. The normalized spacial score (nSPS) is 28.6. The molecule has 0 aromatic heterocycles. The number of amides is 1. The van der Waals surface area contributed by atoms with E-state index in [-0.39, 0.29) is 5.91 Å². The van der Waals surface area contributed by atoms with Crippen molar-refractivity contribution in [3.05, 3.63) is 35.4 Å². The first-order valence-electron chi connectivity index (χ1n) is 7.53. The van der Waals surface area contributed by atoms with Crippen LogP contribution in [0.2, 0.25) is 0 Å². The fraction of sp³-hybridized carbons (Fsp3) is 0.588. The maximum Gasteiger partial charge on any atom is 0.220 e. The number of rotatable bonds is 4. The van der Waals surface area contributed by atoms with Gasteiger partial charge in [0.2, 0.25) is 5.91 Å². The van der Waals surface area contributed by atoms with Crippen LogP contribution in [0, 0.1) is 24.7 Å². The summed E-state index contributed by atoms with van der Waals surface area (Å²) >= 11 is 0. The number of nitrogens with one attached hydrogen (secondary N) is 1. The smallest absolute Gasteiger partial charge is 0.220 e. The predicted octanol–water partition coefficient (Wildman–Crippen LogP) is 3.44. The molecule has 0 spiro atoms. The average Bonchev–Trinajstić information content (AvgIpc) is 3.00. The zero-order valence-corrected chi connectivity index (χ0v) is 11.7. The molecule has 3 atom stereocenters. The van der Waals surface area contributed by atoms with E-state index < -0.39 is 0 Å². The molecule has 19 heavy (non-hydrogen) atoms. The lowest BCUT2D eigenvalue weighted by molar-refractivity contribution is -0.122. The molecule has 1 amide bonds. The van der Waals surface area contributed by atoms with Gasteiger partial charge in [0.25, 0.3) is 0 Å². The highest BCUT2D eigenvalue weighted by Crippen LogP contribution is 2.49. The van der Waals surface area contributed by atoms with Crippen molar-refractivity contribution in [2.45, 2.75) is 45.6 Å². The van der Waals surface area contributed by atoms with Crippen molar-refractivity contribution in [3.8, 4) is 0 Å². The Morgan fingerprint density at radius 2 is 2.00 bits per heavy atom. The number of aryl methyl sites for hydroxylation is 1. The standard InChI is InChI=1S/C17H23NO/c1-12-2-4-13(5-3-12)11-18-17(19)10-16-9-14-6-7-15(16)8-14/h2-5,14-16H,6-11H2,1H3,(H,18,19)/t14-,15+,16+/m0/s1. The maximum absolute atomic E-state index is 12.0. The van der Waals surface area contributed by atoms with Gasteiger partial charge in [-0.2, -0.15) is 0 Å². The Hall–Kier alpha value is -1.31. The molecule has 1 aromatic rings. The van der Waals surface area contributed by atoms with Crippen LogP contribution < -0.4 is 5.32 Å². The molecule has 0 saturated heterocycles. The van der Waals surface area contributed by atoms with Crippen LogP contribution in [0.1, 0.15) is 43.2 Å². The summed E-state index contributed by atoms with van der Waals surface area (Å²) < 4.78 is 0. The second-order valence-electron chi connectivity index (χ2n) is 6.40. The third-order valence-electron chi connectivity index (χ3n) is 4.94. The fourth-order valence-electron chi connectivity index (χ4n) is 3.84. The minimum atomic E-state index is 0.234. The predicted molar refractivity (Wildman–Crippen MR) is 76.6 cm³/mol. The van der Waals surface area contributed by atoms with Crippen molar-refractivity contribution < 1.29 is 4.79 Å². The van der Waals surface area contributed by atoms with Crippen LogP contribution in [0.5, 0.6) is 0 Å². The van der Waals surface area contributed by atoms with Gasteiger partial charge in [-0.1, -0.05) is 36.2 Å². The van der Waals surface area contributed by atoms with E-state index in [2.05, 4.69) is 36.5 Å². The highest BCUT2D eigenvalue weighted by Gasteiger charge is 2.39. The molecule has 2 fully saturated rings. The van der Waals surface area contributed by atoms with E-state index in [0.29, 0.717) is 12.5 Å². The molecular weight excluding hydrogens is 234 g/mol. The molecule has 102 valence electrons. The second kappa shape index (κ2) is 5.36. The molecule has 2 heteroatoms. The van der Waals surface area contributed by atoms with Crippen molar-refractivity contribution >= 4 is 5.91 Å². The summed E-state index contributed by atoms with van der Waals surface area (Å²) in [6, 6.07) is 8.37. The molecule has 0 unspecified atom stereocenters. The van der Waals surface area contributed by atoms with E-state index in [1.165, 1.54) is 36.8 Å². The third kappa shape index (κ3) is 2.99. The van der Waals surface area contributed by atoms with E-state index in [1.54, 1.807) is 0 Å². The van der Waals surface area contributed by atoms with E-state index in [9.17, 15) is 4.79 Å². The minimum absolute atomic E-state index is 0.234. The van der Waals surface area contributed by atoms with Gasteiger partial charge in [-0.15, -0.1) is 0 Å². The molecule has 3 rings (SSSR count). The van der Waals surface area contributed by atoms with Crippen molar-refractivity contribution in [3.63, 3.8) is 0 Å². The molecule has 2 aliphatic rings. The number of hydrogen-bond donors (Lipinski definition) is 1. The van der Waals surface area contributed by atoms with E-state index >= 15 is 0 Å². The molecule has 0 radical (unpaired) electrons. The van der Waals surface area contributed by atoms with Crippen LogP contribution in [-0.4, -0.2) is 5.91 Å². The van der Waals surface area contributed by atoms with Gasteiger partial charge in [-0.25, -0.2) is 0 Å². The number of carbonyl (C=O) groups excluding carboxylic acids is 1. The molecule has 2 aliphatic carbocycles. The summed E-state index contributed by atoms with van der Waals surface area (Å²) in [7, 11) is 0. The lowest BCUT2D eigenvalue weighted by Gasteiger charge is -2.20. The molecule has 1 aromatic carbocycles. The number of hydrogen-bond acceptors (Lipinski definition) is 1. The van der Waals surface area contributed by atoms with Crippen LogP contribution in [0.3, 0.4) is 0 Å². The van der Waals surface area contributed by atoms with Crippen molar-refractivity contribution in [2.75, 3.05) is 0 Å². The zero-order valence-electron chi connectivity index (χ0n) is 11.7. The van der Waals surface area contributed by atoms with Gasteiger partial charge in [-0.05, 0) is 49.5 Å². The van der Waals surface area contributed by atoms with E-state index in [0.717, 1.165) is 18.3 Å². The number of benzene rings is 1. The summed E-state index contributed by atoms with van der Waals surface area (Å²) in [5.74, 6) is 2.67. The van der Waals surface area contributed by atoms with Gasteiger partial charge in [0.15, 0.2) is 0 Å². The Kier molecular flexibility index (Phi) is 3.58. The lowest BCUT2D eigenvalue weighted by Crippen LogP contribution is -2.26.